The van der Waals surface area contributed by atoms with E-state index in [-0.39, 0.29) is 23.8 Å². The van der Waals surface area contributed by atoms with Crippen LogP contribution >= 0.6 is 35.0 Å². The fourth-order valence-corrected chi connectivity index (χ4v) is 4.22. The van der Waals surface area contributed by atoms with Gasteiger partial charge in [0.1, 0.15) is 0 Å². The third-order valence-electron chi connectivity index (χ3n) is 4.18. The predicted octanol–water partition coefficient (Wildman–Crippen LogP) is 6.42. The van der Waals surface area contributed by atoms with Gasteiger partial charge in [0.15, 0.2) is 11.5 Å². The molecule has 158 valence electrons. The average Bonchev–Trinajstić information content (AvgIpc) is 2.93. The number of imide groups is 1. The molecule has 1 fully saturated rings. The lowest BCUT2D eigenvalue weighted by molar-refractivity contribution is -0.123. The third-order valence-corrected chi connectivity index (χ3v) is 5.80. The van der Waals surface area contributed by atoms with E-state index < -0.39 is 0 Å². The minimum Gasteiger partial charge on any atom is -0.490 e. The van der Waals surface area contributed by atoms with Crippen molar-refractivity contribution in [1.82, 2.24) is 4.90 Å². The molecular weight excluding hydrogens is 445 g/mol. The Balaban J connectivity index is 1.85. The van der Waals surface area contributed by atoms with E-state index in [4.69, 9.17) is 32.7 Å². The van der Waals surface area contributed by atoms with Crippen molar-refractivity contribution in [1.29, 1.82) is 0 Å². The molecule has 3 rings (SSSR count). The Hall–Kier alpha value is -2.15. The largest absolute Gasteiger partial charge is 0.490 e. The maximum Gasteiger partial charge on any atom is 0.293 e. The second-order valence-corrected chi connectivity index (χ2v) is 8.58. The van der Waals surface area contributed by atoms with Crippen LogP contribution in [0.4, 0.5) is 4.79 Å². The van der Waals surface area contributed by atoms with Crippen LogP contribution in [-0.4, -0.2) is 28.8 Å². The van der Waals surface area contributed by atoms with E-state index in [0.29, 0.717) is 38.6 Å². The van der Waals surface area contributed by atoms with Gasteiger partial charge in [-0.25, -0.2) is 0 Å². The van der Waals surface area contributed by atoms with Crippen molar-refractivity contribution in [2.24, 2.45) is 0 Å². The number of nitrogens with zero attached hydrogens (tertiary/aromatic N) is 1. The molecule has 0 bridgehead atoms. The number of carbonyl (C=O) groups is 2. The summed E-state index contributed by atoms with van der Waals surface area (Å²) in [6.07, 6.45) is 1.67. The van der Waals surface area contributed by atoms with Gasteiger partial charge in [-0.05, 0) is 68.4 Å². The van der Waals surface area contributed by atoms with E-state index in [1.54, 1.807) is 36.4 Å². The molecule has 1 saturated heterocycles. The zero-order valence-corrected chi connectivity index (χ0v) is 19.1. The summed E-state index contributed by atoms with van der Waals surface area (Å²) in [6, 6.07) is 10.5. The fourth-order valence-electron chi connectivity index (χ4n) is 2.86. The molecule has 1 heterocycles. The first kappa shape index (κ1) is 22.5. The van der Waals surface area contributed by atoms with Crippen LogP contribution < -0.4 is 9.47 Å². The van der Waals surface area contributed by atoms with Crippen LogP contribution in [-0.2, 0) is 11.3 Å². The minimum absolute atomic E-state index is 0.00295. The molecule has 1 aliphatic heterocycles. The van der Waals surface area contributed by atoms with Crippen molar-refractivity contribution in [2.45, 2.75) is 33.4 Å². The molecule has 0 N–H and O–H groups in total. The Bertz CT molecular complexity index is 986. The zero-order chi connectivity index (χ0) is 21.8. The Morgan fingerprint density at radius 2 is 1.80 bits per heavy atom. The second kappa shape index (κ2) is 9.77. The molecule has 0 unspecified atom stereocenters. The number of amides is 2. The molecule has 2 aromatic rings. The molecule has 2 amide bonds. The summed E-state index contributed by atoms with van der Waals surface area (Å²) in [7, 11) is 0. The Morgan fingerprint density at radius 3 is 2.43 bits per heavy atom. The van der Waals surface area contributed by atoms with Gasteiger partial charge in [0, 0.05) is 15.6 Å². The van der Waals surface area contributed by atoms with Gasteiger partial charge in [0.2, 0.25) is 0 Å². The first-order valence-electron chi connectivity index (χ1n) is 9.42. The maximum atomic E-state index is 12.8. The normalized spacial score (nSPS) is 15.4. The van der Waals surface area contributed by atoms with Crippen molar-refractivity contribution in [3.05, 3.63) is 62.5 Å². The number of hydrogen-bond donors (Lipinski definition) is 0. The lowest BCUT2D eigenvalue weighted by Gasteiger charge is -2.15. The van der Waals surface area contributed by atoms with Crippen LogP contribution in [0.3, 0.4) is 0 Å². The standard InChI is InChI=1S/C22H21Cl2NO4S/c1-4-28-19-10-14(8-9-18(19)29-13(2)3)11-20-21(26)25(22(27)30-20)12-15-16(23)6-5-7-17(15)24/h5-11,13H,4,12H2,1-3H3/b20-11+. The van der Waals surface area contributed by atoms with Crippen LogP contribution in [0, 0.1) is 0 Å². The molecule has 0 atom stereocenters. The van der Waals surface area contributed by atoms with E-state index in [1.807, 2.05) is 26.8 Å². The lowest BCUT2D eigenvalue weighted by Crippen LogP contribution is -2.27. The molecule has 0 spiro atoms. The van der Waals surface area contributed by atoms with Crippen LogP contribution in [0.15, 0.2) is 41.3 Å². The first-order chi connectivity index (χ1) is 14.3. The van der Waals surface area contributed by atoms with E-state index >= 15 is 0 Å². The van der Waals surface area contributed by atoms with Gasteiger partial charge in [-0.2, -0.15) is 0 Å². The van der Waals surface area contributed by atoms with Gasteiger partial charge in [0.05, 0.1) is 24.2 Å². The molecule has 0 radical (unpaired) electrons. The van der Waals surface area contributed by atoms with Gasteiger partial charge in [-0.1, -0.05) is 35.3 Å². The van der Waals surface area contributed by atoms with E-state index in [1.165, 1.54) is 0 Å². The van der Waals surface area contributed by atoms with Gasteiger partial charge in [-0.15, -0.1) is 0 Å². The third kappa shape index (κ3) is 5.12. The minimum atomic E-state index is -0.388. The number of hydrogen-bond acceptors (Lipinski definition) is 5. The molecule has 0 saturated carbocycles. The number of halogens is 2. The number of ether oxygens (including phenoxy) is 2. The molecule has 1 aliphatic rings. The van der Waals surface area contributed by atoms with E-state index in [9.17, 15) is 9.59 Å². The number of benzene rings is 2. The van der Waals surface area contributed by atoms with E-state index in [0.717, 1.165) is 22.2 Å². The quantitative estimate of drug-likeness (QED) is 0.441. The van der Waals surface area contributed by atoms with Crippen LogP contribution in [0.25, 0.3) is 6.08 Å². The summed E-state index contributed by atoms with van der Waals surface area (Å²) in [4.78, 5) is 26.8. The fraction of sp³-hybridized carbons (Fsp3) is 0.273. The molecular formula is C22H21Cl2NO4S. The maximum absolute atomic E-state index is 12.8. The van der Waals surface area contributed by atoms with Gasteiger partial charge in [-0.3, -0.25) is 14.5 Å². The van der Waals surface area contributed by atoms with Crippen molar-refractivity contribution < 1.29 is 19.1 Å². The van der Waals surface area contributed by atoms with Gasteiger partial charge < -0.3 is 9.47 Å². The number of rotatable bonds is 7. The summed E-state index contributed by atoms with van der Waals surface area (Å²) in [5, 5.41) is 0.451. The SMILES string of the molecule is CCOc1cc(/C=C2/SC(=O)N(Cc3c(Cl)cccc3Cl)C2=O)ccc1OC(C)C. The van der Waals surface area contributed by atoms with Gasteiger partial charge in [0.25, 0.3) is 11.1 Å². The smallest absolute Gasteiger partial charge is 0.293 e. The van der Waals surface area contributed by atoms with Crippen molar-refractivity contribution in [3.63, 3.8) is 0 Å². The van der Waals surface area contributed by atoms with Crippen LogP contribution in [0.2, 0.25) is 10.0 Å². The van der Waals surface area contributed by atoms with Crippen LogP contribution in [0.1, 0.15) is 31.9 Å². The number of thioether (sulfide) groups is 1. The molecule has 2 aromatic carbocycles. The molecule has 0 aromatic heterocycles. The molecule has 8 heteroatoms. The summed E-state index contributed by atoms with van der Waals surface area (Å²) in [6.45, 7) is 6.26. The van der Waals surface area contributed by atoms with Gasteiger partial charge >= 0.3 is 0 Å². The Labute approximate surface area is 189 Å². The van der Waals surface area contributed by atoms with Crippen molar-refractivity contribution >= 4 is 52.2 Å². The highest BCUT2D eigenvalue weighted by Crippen LogP contribution is 2.37. The predicted molar refractivity (Wildman–Crippen MR) is 121 cm³/mol. The molecule has 0 aliphatic carbocycles. The Kier molecular flexibility index (Phi) is 7.34. The highest BCUT2D eigenvalue weighted by Gasteiger charge is 2.35. The molecule has 5 nitrogen and oxygen atoms in total. The average molecular weight is 466 g/mol. The molecule has 30 heavy (non-hydrogen) atoms. The summed E-state index contributed by atoms with van der Waals surface area (Å²) in [5.74, 6) is 0.828. The number of carbonyl (C=O) groups excluding carboxylic acids is 2. The Morgan fingerprint density at radius 1 is 1.10 bits per heavy atom. The summed E-state index contributed by atoms with van der Waals surface area (Å²) in [5.41, 5.74) is 1.27. The first-order valence-corrected chi connectivity index (χ1v) is 11.0. The van der Waals surface area contributed by atoms with Crippen LogP contribution in [0.5, 0.6) is 11.5 Å². The zero-order valence-electron chi connectivity index (χ0n) is 16.8. The highest BCUT2D eigenvalue weighted by atomic mass is 35.5. The van der Waals surface area contributed by atoms with Crippen molar-refractivity contribution in [3.8, 4) is 11.5 Å². The summed E-state index contributed by atoms with van der Waals surface area (Å²) >= 11 is 13.3. The highest BCUT2D eigenvalue weighted by molar-refractivity contribution is 8.18. The monoisotopic (exact) mass is 465 g/mol. The topological polar surface area (TPSA) is 55.8 Å². The second-order valence-electron chi connectivity index (χ2n) is 6.77. The van der Waals surface area contributed by atoms with E-state index in [2.05, 4.69) is 0 Å². The lowest BCUT2D eigenvalue weighted by atomic mass is 10.1. The van der Waals surface area contributed by atoms with Crippen molar-refractivity contribution in [2.75, 3.05) is 6.61 Å². The summed E-state index contributed by atoms with van der Waals surface area (Å²) < 4.78 is 11.4.